The molecule has 0 aliphatic heterocycles. The lowest BCUT2D eigenvalue weighted by molar-refractivity contribution is 0.391. The van der Waals surface area contributed by atoms with E-state index in [0.717, 1.165) is 16.4 Å². The van der Waals surface area contributed by atoms with Crippen LogP contribution in [0.5, 0.6) is 0 Å². The van der Waals surface area contributed by atoms with Gasteiger partial charge in [0.1, 0.15) is 6.33 Å². The smallest absolute Gasteiger partial charge is 0.237 e. The Morgan fingerprint density at radius 2 is 1.88 bits per heavy atom. The molecule has 8 heteroatoms. The zero-order chi connectivity index (χ0) is 16.2. The number of para-hydroxylation sites is 1. The Kier molecular flexibility index (Phi) is 4.03. The highest BCUT2D eigenvalue weighted by molar-refractivity contribution is 7.98. The van der Waals surface area contributed by atoms with Crippen LogP contribution in [0.4, 0.5) is 0 Å². The molecule has 4 rings (SSSR count). The highest BCUT2D eigenvalue weighted by atomic mass is 32.2. The predicted molar refractivity (Wildman–Crippen MR) is 88.4 cm³/mol. The van der Waals surface area contributed by atoms with Gasteiger partial charge in [-0.05, 0) is 24.3 Å². The van der Waals surface area contributed by atoms with Gasteiger partial charge in [-0.15, -0.1) is 10.2 Å². The molecule has 3 heterocycles. The third kappa shape index (κ3) is 3.04. The number of nitrogens with zero attached hydrogens (tertiary/aromatic N) is 6. The second-order valence-electron chi connectivity index (χ2n) is 4.86. The molecular weight excluding hydrogens is 324 g/mol. The van der Waals surface area contributed by atoms with E-state index in [0.29, 0.717) is 17.5 Å². The van der Waals surface area contributed by atoms with Crippen molar-refractivity contribution in [3.8, 4) is 17.1 Å². The van der Waals surface area contributed by atoms with Crippen molar-refractivity contribution in [3.05, 3.63) is 67.1 Å². The lowest BCUT2D eigenvalue weighted by atomic mass is 10.3. The van der Waals surface area contributed by atoms with E-state index in [1.165, 1.54) is 11.8 Å². The van der Waals surface area contributed by atoms with E-state index in [4.69, 9.17) is 4.52 Å². The van der Waals surface area contributed by atoms with Gasteiger partial charge in [-0.2, -0.15) is 4.98 Å². The van der Waals surface area contributed by atoms with E-state index >= 15 is 0 Å². The van der Waals surface area contributed by atoms with Crippen LogP contribution in [-0.4, -0.2) is 29.9 Å². The van der Waals surface area contributed by atoms with Crippen molar-refractivity contribution >= 4 is 11.8 Å². The summed E-state index contributed by atoms with van der Waals surface area (Å²) in [5.74, 6) is 1.61. The van der Waals surface area contributed by atoms with Crippen LogP contribution in [0.1, 0.15) is 5.89 Å². The average Bonchev–Trinajstić information content (AvgIpc) is 3.31. The number of hydrogen-bond donors (Lipinski definition) is 0. The fourth-order valence-corrected chi connectivity index (χ4v) is 2.91. The van der Waals surface area contributed by atoms with Crippen molar-refractivity contribution in [2.75, 3.05) is 0 Å². The normalized spacial score (nSPS) is 10.8. The van der Waals surface area contributed by atoms with Crippen LogP contribution >= 0.6 is 11.8 Å². The van der Waals surface area contributed by atoms with Gasteiger partial charge in [0.25, 0.3) is 0 Å². The van der Waals surface area contributed by atoms with Gasteiger partial charge in [-0.3, -0.25) is 9.55 Å². The maximum Gasteiger partial charge on any atom is 0.237 e. The summed E-state index contributed by atoms with van der Waals surface area (Å²) in [6, 6.07) is 13.6. The van der Waals surface area contributed by atoms with E-state index in [1.807, 2.05) is 47.0 Å². The van der Waals surface area contributed by atoms with Crippen molar-refractivity contribution in [2.45, 2.75) is 10.9 Å². The van der Waals surface area contributed by atoms with Gasteiger partial charge in [0.2, 0.25) is 11.7 Å². The molecule has 0 atom stereocenters. The van der Waals surface area contributed by atoms with Crippen LogP contribution in [0.25, 0.3) is 17.1 Å². The average molecular weight is 336 g/mol. The molecule has 0 aliphatic carbocycles. The lowest BCUT2D eigenvalue weighted by Crippen LogP contribution is -1.94. The van der Waals surface area contributed by atoms with Crippen LogP contribution in [-0.2, 0) is 5.75 Å². The molecular formula is C16H12N6OS. The molecule has 0 spiro atoms. The van der Waals surface area contributed by atoms with Gasteiger partial charge in [0.05, 0.1) is 5.75 Å². The number of rotatable bonds is 5. The Bertz CT molecular complexity index is 922. The zero-order valence-electron chi connectivity index (χ0n) is 12.5. The van der Waals surface area contributed by atoms with E-state index in [1.54, 1.807) is 18.7 Å². The molecule has 0 N–H and O–H groups in total. The van der Waals surface area contributed by atoms with Crippen LogP contribution in [0.15, 0.2) is 70.9 Å². The Labute approximate surface area is 141 Å². The Morgan fingerprint density at radius 3 is 2.71 bits per heavy atom. The van der Waals surface area contributed by atoms with Crippen LogP contribution in [0.3, 0.4) is 0 Å². The largest absolute Gasteiger partial charge is 0.338 e. The summed E-state index contributed by atoms with van der Waals surface area (Å²) >= 11 is 1.49. The highest BCUT2D eigenvalue weighted by Crippen LogP contribution is 2.23. The molecule has 4 aromatic rings. The molecule has 24 heavy (non-hydrogen) atoms. The minimum atomic E-state index is 0.517. The molecule has 1 aromatic carbocycles. The first-order valence-corrected chi connectivity index (χ1v) is 8.20. The number of benzene rings is 1. The first-order chi connectivity index (χ1) is 11.9. The van der Waals surface area contributed by atoms with Gasteiger partial charge < -0.3 is 4.52 Å². The van der Waals surface area contributed by atoms with Crippen molar-refractivity contribution in [1.29, 1.82) is 0 Å². The van der Waals surface area contributed by atoms with Gasteiger partial charge >= 0.3 is 0 Å². The first-order valence-electron chi connectivity index (χ1n) is 7.21. The standard InChI is InChI=1S/C16H12N6OS/c1-2-4-13(5-3-1)22-11-18-20-16(22)24-10-14-19-15(21-23-14)12-6-8-17-9-7-12/h1-9,11H,10H2. The molecule has 0 amide bonds. The fourth-order valence-electron chi connectivity index (χ4n) is 2.15. The summed E-state index contributed by atoms with van der Waals surface area (Å²) in [5, 5.41) is 12.9. The molecule has 0 bridgehead atoms. The molecule has 118 valence electrons. The molecule has 3 aromatic heterocycles. The molecule has 0 radical (unpaired) electrons. The number of pyridine rings is 1. The predicted octanol–water partition coefficient (Wildman–Crippen LogP) is 3.00. The zero-order valence-corrected chi connectivity index (χ0v) is 13.3. The summed E-state index contributed by atoms with van der Waals surface area (Å²) in [6.07, 6.45) is 5.08. The fraction of sp³-hybridized carbons (Fsp3) is 0.0625. The van der Waals surface area contributed by atoms with Crippen molar-refractivity contribution in [1.82, 2.24) is 29.9 Å². The summed E-state index contributed by atoms with van der Waals surface area (Å²) in [7, 11) is 0. The maximum absolute atomic E-state index is 5.30. The molecule has 0 saturated heterocycles. The maximum atomic E-state index is 5.30. The summed E-state index contributed by atoms with van der Waals surface area (Å²) in [4.78, 5) is 8.38. The first kappa shape index (κ1) is 14.6. The van der Waals surface area contributed by atoms with E-state index in [2.05, 4.69) is 25.3 Å². The van der Waals surface area contributed by atoms with Gasteiger partial charge in [0, 0.05) is 23.6 Å². The third-order valence-electron chi connectivity index (χ3n) is 3.28. The molecule has 0 saturated carbocycles. The number of hydrogen-bond acceptors (Lipinski definition) is 7. The Morgan fingerprint density at radius 1 is 1.04 bits per heavy atom. The summed E-state index contributed by atoms with van der Waals surface area (Å²) in [6.45, 7) is 0. The minimum absolute atomic E-state index is 0.517. The molecule has 0 fully saturated rings. The van der Waals surface area contributed by atoms with Crippen LogP contribution in [0, 0.1) is 0 Å². The Hall–Kier alpha value is -3.00. The molecule has 0 aliphatic rings. The van der Waals surface area contributed by atoms with Crippen LogP contribution < -0.4 is 0 Å². The van der Waals surface area contributed by atoms with Gasteiger partial charge in [-0.25, -0.2) is 0 Å². The van der Waals surface area contributed by atoms with E-state index in [-0.39, 0.29) is 0 Å². The van der Waals surface area contributed by atoms with Crippen molar-refractivity contribution in [3.63, 3.8) is 0 Å². The SMILES string of the molecule is c1ccc(-n2cnnc2SCc2nc(-c3ccncc3)no2)cc1. The molecule has 7 nitrogen and oxygen atoms in total. The minimum Gasteiger partial charge on any atom is -0.338 e. The monoisotopic (exact) mass is 336 g/mol. The third-order valence-corrected chi connectivity index (χ3v) is 4.21. The lowest BCUT2D eigenvalue weighted by Gasteiger charge is -2.04. The van der Waals surface area contributed by atoms with Crippen molar-refractivity contribution < 1.29 is 4.52 Å². The topological polar surface area (TPSA) is 82.5 Å². The van der Waals surface area contributed by atoms with Crippen LogP contribution in [0.2, 0.25) is 0 Å². The second-order valence-corrected chi connectivity index (χ2v) is 5.80. The van der Waals surface area contributed by atoms with E-state index in [9.17, 15) is 0 Å². The van der Waals surface area contributed by atoms with E-state index < -0.39 is 0 Å². The van der Waals surface area contributed by atoms with Gasteiger partial charge in [0.15, 0.2) is 5.16 Å². The summed E-state index contributed by atoms with van der Waals surface area (Å²) < 4.78 is 7.22. The quantitative estimate of drug-likeness (QED) is 0.518. The van der Waals surface area contributed by atoms with Crippen molar-refractivity contribution in [2.24, 2.45) is 0 Å². The summed E-state index contributed by atoms with van der Waals surface area (Å²) in [5.41, 5.74) is 1.88. The Balaban J connectivity index is 1.49. The number of aromatic nitrogens is 6. The molecule has 0 unspecified atom stereocenters. The second kappa shape index (κ2) is 6.63. The van der Waals surface area contributed by atoms with Gasteiger partial charge in [-0.1, -0.05) is 35.1 Å². The highest BCUT2D eigenvalue weighted by Gasteiger charge is 2.12. The number of thioether (sulfide) groups is 1.